The van der Waals surface area contributed by atoms with Crippen molar-refractivity contribution in [2.45, 2.75) is 26.8 Å². The molecule has 212 valence electrons. The SMILES string of the molecule is CCN(CC)C(=O)C1=C(C)N=c2s/c(=C/c3c(-c4ccccc4)[nH]c4ccccc34)c(=O)n2[C@@H]1c1ccccc1OC. The summed E-state index contributed by atoms with van der Waals surface area (Å²) in [7, 11) is 1.60. The number of benzene rings is 3. The molecule has 3 heterocycles. The molecule has 1 atom stereocenters. The maximum absolute atomic E-state index is 14.4. The average Bonchev–Trinajstić information content (AvgIpc) is 3.54. The fourth-order valence-electron chi connectivity index (χ4n) is 5.74. The summed E-state index contributed by atoms with van der Waals surface area (Å²) in [6, 6.07) is 25.1. The lowest BCUT2D eigenvalue weighted by Gasteiger charge is -2.29. The molecule has 0 unspecified atom stereocenters. The summed E-state index contributed by atoms with van der Waals surface area (Å²) in [5, 5.41) is 1.03. The quantitative estimate of drug-likeness (QED) is 0.287. The number of nitrogens with zero attached hydrogens (tertiary/aromatic N) is 3. The molecule has 5 aromatic rings. The molecule has 0 bridgehead atoms. The summed E-state index contributed by atoms with van der Waals surface area (Å²) in [6.07, 6.45) is 1.95. The Labute approximate surface area is 247 Å². The van der Waals surface area contributed by atoms with E-state index in [9.17, 15) is 9.59 Å². The van der Waals surface area contributed by atoms with Crippen molar-refractivity contribution < 1.29 is 9.53 Å². The molecule has 3 aromatic carbocycles. The Bertz CT molecular complexity index is 2010. The lowest BCUT2D eigenvalue weighted by molar-refractivity contribution is -0.127. The van der Waals surface area contributed by atoms with Gasteiger partial charge < -0.3 is 14.6 Å². The second kappa shape index (κ2) is 11.3. The maximum Gasteiger partial charge on any atom is 0.271 e. The standard InChI is InChI=1S/C34H32N4O3S/c1-5-37(6-2)33(40)29-21(3)35-34-38(31(29)24-17-11-13-19-27(24)41-4)32(39)28(42-34)20-25-23-16-10-12-18-26(23)36-30(25)22-14-8-7-9-15-22/h7-20,31,36H,5-6H2,1-4H3/b28-20+/t31-/m1/s1. The molecule has 6 rings (SSSR count). The van der Waals surface area contributed by atoms with E-state index >= 15 is 0 Å². The Morgan fingerprint density at radius 3 is 2.45 bits per heavy atom. The first-order valence-corrected chi connectivity index (χ1v) is 14.9. The third-order valence-electron chi connectivity index (χ3n) is 7.82. The molecule has 0 saturated heterocycles. The van der Waals surface area contributed by atoms with Crippen molar-refractivity contribution >= 4 is 34.2 Å². The van der Waals surface area contributed by atoms with Gasteiger partial charge in [-0.15, -0.1) is 0 Å². The highest BCUT2D eigenvalue weighted by Gasteiger charge is 2.35. The van der Waals surface area contributed by atoms with Crippen LogP contribution < -0.4 is 19.6 Å². The van der Waals surface area contributed by atoms with Gasteiger partial charge in [0, 0.05) is 35.1 Å². The van der Waals surface area contributed by atoms with Crippen LogP contribution in [0.25, 0.3) is 28.2 Å². The highest BCUT2D eigenvalue weighted by atomic mass is 32.1. The van der Waals surface area contributed by atoms with Gasteiger partial charge in [0.2, 0.25) is 0 Å². The molecule has 2 aromatic heterocycles. The Morgan fingerprint density at radius 2 is 1.71 bits per heavy atom. The van der Waals surface area contributed by atoms with Crippen LogP contribution in [0.1, 0.15) is 37.9 Å². The minimum atomic E-state index is -0.677. The fourth-order valence-corrected chi connectivity index (χ4v) is 6.77. The van der Waals surface area contributed by atoms with Gasteiger partial charge in [0.05, 0.1) is 28.6 Å². The lowest BCUT2D eigenvalue weighted by Crippen LogP contribution is -2.43. The molecule has 1 amide bonds. The average molecular weight is 577 g/mol. The molecule has 8 heteroatoms. The number of ether oxygens (including phenoxy) is 1. The largest absolute Gasteiger partial charge is 0.496 e. The van der Waals surface area contributed by atoms with Gasteiger partial charge in [-0.2, -0.15) is 0 Å². The molecular weight excluding hydrogens is 544 g/mol. The number of carbonyl (C=O) groups excluding carboxylic acids is 1. The smallest absolute Gasteiger partial charge is 0.271 e. The van der Waals surface area contributed by atoms with E-state index in [4.69, 9.17) is 9.73 Å². The molecule has 7 nitrogen and oxygen atoms in total. The monoisotopic (exact) mass is 576 g/mol. The van der Waals surface area contributed by atoms with E-state index in [0.29, 0.717) is 39.4 Å². The van der Waals surface area contributed by atoms with Gasteiger partial charge in [0.25, 0.3) is 11.5 Å². The molecule has 0 radical (unpaired) electrons. The fraction of sp³-hybridized carbons (Fsp3) is 0.206. The van der Waals surface area contributed by atoms with Crippen molar-refractivity contribution in [3.63, 3.8) is 0 Å². The number of fused-ring (bicyclic) bond motifs is 2. The zero-order chi connectivity index (χ0) is 29.4. The maximum atomic E-state index is 14.4. The molecule has 0 aliphatic carbocycles. The van der Waals surface area contributed by atoms with Gasteiger partial charge in [-0.05, 0) is 44.5 Å². The number of likely N-dealkylation sites (N-methyl/N-ethyl adjacent to an activating group) is 1. The highest BCUT2D eigenvalue weighted by molar-refractivity contribution is 7.07. The van der Waals surface area contributed by atoms with E-state index < -0.39 is 6.04 Å². The number of amides is 1. The van der Waals surface area contributed by atoms with Crippen LogP contribution in [0.15, 0.2) is 99.9 Å². The normalized spacial score (nSPS) is 15.0. The van der Waals surface area contributed by atoms with E-state index in [-0.39, 0.29) is 11.5 Å². The Morgan fingerprint density at radius 1 is 1.02 bits per heavy atom. The molecule has 0 spiro atoms. The first-order valence-electron chi connectivity index (χ1n) is 14.1. The number of carbonyl (C=O) groups is 1. The van der Waals surface area contributed by atoms with Gasteiger partial charge in [-0.1, -0.05) is 78.1 Å². The van der Waals surface area contributed by atoms with Crippen LogP contribution in [0, 0.1) is 0 Å². The molecule has 42 heavy (non-hydrogen) atoms. The van der Waals surface area contributed by atoms with Gasteiger partial charge in [0.1, 0.15) is 11.8 Å². The van der Waals surface area contributed by atoms with E-state index in [1.807, 2.05) is 87.5 Å². The van der Waals surface area contributed by atoms with Gasteiger partial charge in [-0.25, -0.2) is 4.99 Å². The number of aromatic nitrogens is 2. The summed E-state index contributed by atoms with van der Waals surface area (Å²) in [6.45, 7) is 6.87. The van der Waals surface area contributed by atoms with Crippen LogP contribution >= 0.6 is 11.3 Å². The van der Waals surface area contributed by atoms with Crippen LogP contribution in [0.2, 0.25) is 0 Å². The van der Waals surface area contributed by atoms with Gasteiger partial charge >= 0.3 is 0 Å². The van der Waals surface area contributed by atoms with Gasteiger partial charge in [-0.3, -0.25) is 14.2 Å². The summed E-state index contributed by atoms with van der Waals surface area (Å²) >= 11 is 1.34. The highest BCUT2D eigenvalue weighted by Crippen LogP contribution is 2.36. The molecule has 1 aliphatic rings. The van der Waals surface area contributed by atoms with E-state index in [2.05, 4.69) is 23.2 Å². The van der Waals surface area contributed by atoms with Crippen LogP contribution in [-0.4, -0.2) is 40.6 Å². The van der Waals surface area contributed by atoms with E-state index in [1.54, 1.807) is 16.6 Å². The van der Waals surface area contributed by atoms with Crippen LogP contribution in [0.3, 0.4) is 0 Å². The summed E-state index contributed by atoms with van der Waals surface area (Å²) in [5.41, 5.74) is 5.54. The molecule has 0 saturated carbocycles. The minimum absolute atomic E-state index is 0.130. The second-order valence-electron chi connectivity index (χ2n) is 10.1. The first kappa shape index (κ1) is 27.5. The van der Waals surface area contributed by atoms with Crippen molar-refractivity contribution in [2.75, 3.05) is 20.2 Å². The number of para-hydroxylation sites is 2. The third kappa shape index (κ3) is 4.58. The molecule has 0 fully saturated rings. The number of allylic oxidation sites excluding steroid dienone is 1. The number of rotatable bonds is 7. The number of methoxy groups -OCH3 is 1. The Kier molecular flexibility index (Phi) is 7.39. The number of H-pyrrole nitrogens is 1. The number of aromatic amines is 1. The topological polar surface area (TPSA) is 79.7 Å². The summed E-state index contributed by atoms with van der Waals surface area (Å²) < 4.78 is 7.94. The molecule has 1 N–H and O–H groups in total. The van der Waals surface area contributed by atoms with Crippen molar-refractivity contribution in [1.29, 1.82) is 0 Å². The van der Waals surface area contributed by atoms with Gasteiger partial charge in [0.15, 0.2) is 4.80 Å². The number of hydrogen-bond acceptors (Lipinski definition) is 5. The molecular formula is C34H32N4O3S. The van der Waals surface area contributed by atoms with Crippen molar-refractivity contribution in [2.24, 2.45) is 4.99 Å². The van der Waals surface area contributed by atoms with E-state index in [1.165, 1.54) is 11.3 Å². The van der Waals surface area contributed by atoms with Crippen LogP contribution in [0.4, 0.5) is 0 Å². The van der Waals surface area contributed by atoms with Crippen molar-refractivity contribution in [3.05, 3.63) is 121 Å². The molecule has 1 aliphatic heterocycles. The predicted molar refractivity (Wildman–Crippen MR) is 168 cm³/mol. The second-order valence-corrected chi connectivity index (χ2v) is 11.1. The number of nitrogens with one attached hydrogen (secondary N) is 1. The lowest BCUT2D eigenvalue weighted by atomic mass is 9.94. The number of hydrogen-bond donors (Lipinski definition) is 1. The Hall–Kier alpha value is -4.69. The number of thiazole rings is 1. The first-order chi connectivity index (χ1) is 20.5. The Balaban J connectivity index is 1.62. The van der Waals surface area contributed by atoms with Crippen LogP contribution in [0.5, 0.6) is 5.75 Å². The van der Waals surface area contributed by atoms with Crippen molar-refractivity contribution in [1.82, 2.24) is 14.5 Å². The minimum Gasteiger partial charge on any atom is -0.496 e. The summed E-state index contributed by atoms with van der Waals surface area (Å²) in [4.78, 5) is 39.0. The summed E-state index contributed by atoms with van der Waals surface area (Å²) in [5.74, 6) is 0.481. The third-order valence-corrected chi connectivity index (χ3v) is 8.80. The van der Waals surface area contributed by atoms with Crippen molar-refractivity contribution in [3.8, 4) is 17.0 Å². The zero-order valence-corrected chi connectivity index (χ0v) is 24.9. The van der Waals surface area contributed by atoms with Crippen LogP contribution in [-0.2, 0) is 4.79 Å². The van der Waals surface area contributed by atoms with E-state index in [0.717, 1.165) is 33.3 Å². The predicted octanol–water partition coefficient (Wildman–Crippen LogP) is 5.26. The zero-order valence-electron chi connectivity index (χ0n) is 24.0.